The number of thioether (sulfide) groups is 1. The summed E-state index contributed by atoms with van der Waals surface area (Å²) in [6.07, 6.45) is 1.95. The Morgan fingerprint density at radius 2 is 2.07 bits per heavy atom. The van der Waals surface area contributed by atoms with E-state index in [2.05, 4.69) is 29.2 Å². The van der Waals surface area contributed by atoms with Gasteiger partial charge in [0, 0.05) is 17.0 Å². The summed E-state index contributed by atoms with van der Waals surface area (Å²) < 4.78 is 13.1. The van der Waals surface area contributed by atoms with Gasteiger partial charge in [0.15, 0.2) is 17.3 Å². The molecule has 1 unspecified atom stereocenters. The van der Waals surface area contributed by atoms with Gasteiger partial charge in [-0.25, -0.2) is 4.68 Å². The van der Waals surface area contributed by atoms with Crippen LogP contribution >= 0.6 is 11.8 Å². The summed E-state index contributed by atoms with van der Waals surface area (Å²) in [5, 5.41) is 8.62. The van der Waals surface area contributed by atoms with E-state index in [1.54, 1.807) is 30.5 Å². The number of ether oxygens (including phenoxy) is 2. The van der Waals surface area contributed by atoms with Crippen molar-refractivity contribution in [3.63, 3.8) is 0 Å². The van der Waals surface area contributed by atoms with E-state index >= 15 is 0 Å². The number of aromatic nitrogens is 3. The molecule has 0 fully saturated rings. The fourth-order valence-electron chi connectivity index (χ4n) is 3.34. The zero-order chi connectivity index (χ0) is 21.0. The minimum absolute atomic E-state index is 0.00538. The van der Waals surface area contributed by atoms with Crippen molar-refractivity contribution < 1.29 is 14.3 Å². The molecule has 156 valence electrons. The Morgan fingerprint density at radius 1 is 1.28 bits per heavy atom. The summed E-state index contributed by atoms with van der Waals surface area (Å²) >= 11 is 1.61. The van der Waals surface area contributed by atoms with E-state index in [-0.39, 0.29) is 11.8 Å². The lowest BCUT2D eigenvalue weighted by molar-refractivity contribution is -0.114. The van der Waals surface area contributed by atoms with Crippen molar-refractivity contribution >= 4 is 23.5 Å². The average Bonchev–Trinajstić information content (AvgIpc) is 3.11. The maximum Gasteiger partial charge on any atom is 0.227 e. The van der Waals surface area contributed by atoms with Crippen LogP contribution in [-0.2, 0) is 4.79 Å². The Labute approximate surface area is 175 Å². The highest BCUT2D eigenvalue weighted by Gasteiger charge is 2.33. The lowest BCUT2D eigenvalue weighted by atomic mass is 9.93. The molecule has 0 radical (unpaired) electrons. The number of anilines is 1. The third-order valence-electron chi connectivity index (χ3n) is 4.61. The topological polar surface area (TPSA) is 78.3 Å². The number of benzene rings is 1. The normalized spacial score (nSPS) is 15.7. The summed E-state index contributed by atoms with van der Waals surface area (Å²) in [6.45, 7) is 8.28. The molecule has 1 aromatic carbocycles. The van der Waals surface area contributed by atoms with Crippen molar-refractivity contribution in [2.75, 3.05) is 24.8 Å². The molecule has 0 saturated heterocycles. The summed E-state index contributed by atoms with van der Waals surface area (Å²) in [6, 6.07) is 5.40. The third-order valence-corrected chi connectivity index (χ3v) is 5.66. The first kappa shape index (κ1) is 21.2. The van der Waals surface area contributed by atoms with Crippen molar-refractivity contribution in [2.45, 2.75) is 51.7 Å². The van der Waals surface area contributed by atoms with Gasteiger partial charge in [0.1, 0.15) is 6.04 Å². The molecule has 2 heterocycles. The van der Waals surface area contributed by atoms with E-state index in [1.165, 1.54) is 0 Å². The second kappa shape index (κ2) is 9.35. The molecule has 0 bridgehead atoms. The van der Waals surface area contributed by atoms with Crippen molar-refractivity contribution in [2.24, 2.45) is 0 Å². The number of carbonyl (C=O) groups excluding carboxylic acids is 1. The van der Waals surface area contributed by atoms with Gasteiger partial charge in [0.25, 0.3) is 0 Å². The first-order valence-corrected chi connectivity index (χ1v) is 10.9. The molecule has 29 heavy (non-hydrogen) atoms. The lowest BCUT2D eigenvalue weighted by Gasteiger charge is -2.28. The predicted molar refractivity (Wildman–Crippen MR) is 115 cm³/mol. The molecular weight excluding hydrogens is 388 g/mol. The number of allylic oxidation sites excluding steroid dienone is 2. The maximum absolute atomic E-state index is 12.5. The van der Waals surface area contributed by atoms with Crippen LogP contribution < -0.4 is 14.8 Å². The largest absolute Gasteiger partial charge is 0.493 e. The molecular formula is C21H28N4O3S. The van der Waals surface area contributed by atoms with Crippen LogP contribution in [0.1, 0.15) is 52.1 Å². The molecule has 2 aromatic rings. The second-order valence-corrected chi connectivity index (χ2v) is 7.95. The Kier molecular flexibility index (Phi) is 6.84. The Balaban J connectivity index is 2.07. The van der Waals surface area contributed by atoms with Gasteiger partial charge >= 0.3 is 0 Å². The number of rotatable bonds is 9. The fraction of sp³-hybridized carbons (Fsp3) is 0.476. The maximum atomic E-state index is 12.5. The molecule has 1 aliphatic rings. The summed E-state index contributed by atoms with van der Waals surface area (Å²) in [7, 11) is 1.62. The number of hydrogen-bond acceptors (Lipinski definition) is 7. The smallest absolute Gasteiger partial charge is 0.227 e. The molecule has 0 spiro atoms. The summed E-state index contributed by atoms with van der Waals surface area (Å²) in [5.74, 6) is 2.90. The quantitative estimate of drug-likeness (QED) is 0.605. The number of methoxy groups -OCH3 is 1. The van der Waals surface area contributed by atoms with Crippen LogP contribution in [0.25, 0.3) is 0 Å². The van der Waals surface area contributed by atoms with E-state index in [9.17, 15) is 4.79 Å². The molecule has 8 heteroatoms. The van der Waals surface area contributed by atoms with E-state index in [4.69, 9.17) is 9.47 Å². The van der Waals surface area contributed by atoms with Crippen LogP contribution in [0.4, 0.5) is 5.95 Å². The molecule has 1 aliphatic heterocycles. The monoisotopic (exact) mass is 416 g/mol. The van der Waals surface area contributed by atoms with Gasteiger partial charge in [0.2, 0.25) is 11.1 Å². The molecule has 0 amide bonds. The van der Waals surface area contributed by atoms with E-state index in [0.717, 1.165) is 29.9 Å². The number of nitrogens with zero attached hydrogens (tertiary/aromatic N) is 3. The van der Waals surface area contributed by atoms with E-state index < -0.39 is 0 Å². The minimum atomic E-state index is -0.374. The standard InChI is InChI=1S/C21H28N4O3S/c1-6-10-28-16-9-8-15(12-17(16)27-5)19-18(14(4)26)13(3)22-20-23-21(24-25(19)20)29-11-7-2/h8-9,12,19H,6-7,10-11H2,1-5H3,(H,22,23,24). The number of hydrogen-bond donors (Lipinski definition) is 1. The molecule has 1 aromatic heterocycles. The Morgan fingerprint density at radius 3 is 2.72 bits per heavy atom. The molecule has 1 N–H and O–H groups in total. The molecule has 0 aliphatic carbocycles. The van der Waals surface area contributed by atoms with Crippen LogP contribution in [0.2, 0.25) is 0 Å². The molecule has 3 rings (SSSR count). The zero-order valence-electron chi connectivity index (χ0n) is 17.6. The zero-order valence-corrected chi connectivity index (χ0v) is 18.4. The Bertz CT molecular complexity index is 923. The van der Waals surface area contributed by atoms with Gasteiger partial charge in [-0.05, 0) is 44.4 Å². The van der Waals surface area contributed by atoms with Crippen molar-refractivity contribution in [1.29, 1.82) is 0 Å². The van der Waals surface area contributed by atoms with Gasteiger partial charge in [-0.3, -0.25) is 4.79 Å². The fourth-order valence-corrected chi connectivity index (χ4v) is 4.02. The van der Waals surface area contributed by atoms with E-state index in [0.29, 0.717) is 34.8 Å². The van der Waals surface area contributed by atoms with Crippen molar-refractivity contribution in [3.05, 3.63) is 35.0 Å². The predicted octanol–water partition coefficient (Wildman–Crippen LogP) is 4.46. The highest BCUT2D eigenvalue weighted by atomic mass is 32.2. The van der Waals surface area contributed by atoms with Crippen molar-refractivity contribution in [1.82, 2.24) is 14.8 Å². The molecule has 0 saturated carbocycles. The highest BCUT2D eigenvalue weighted by molar-refractivity contribution is 7.99. The minimum Gasteiger partial charge on any atom is -0.493 e. The van der Waals surface area contributed by atoms with Gasteiger partial charge in [0.05, 0.1) is 13.7 Å². The lowest BCUT2D eigenvalue weighted by Crippen LogP contribution is -2.27. The summed E-state index contributed by atoms with van der Waals surface area (Å²) in [4.78, 5) is 17.1. The first-order valence-electron chi connectivity index (χ1n) is 9.88. The summed E-state index contributed by atoms with van der Waals surface area (Å²) in [5.41, 5.74) is 2.35. The van der Waals surface area contributed by atoms with Gasteiger partial charge in [-0.15, -0.1) is 5.10 Å². The van der Waals surface area contributed by atoms with Crippen LogP contribution in [0.5, 0.6) is 11.5 Å². The molecule has 7 nitrogen and oxygen atoms in total. The number of carbonyl (C=O) groups is 1. The first-order chi connectivity index (χ1) is 14.0. The SMILES string of the molecule is CCCOc1ccc(C2C(C(C)=O)=C(C)Nc3nc(SCCC)nn32)cc1OC. The number of nitrogens with one attached hydrogen (secondary N) is 1. The average molecular weight is 417 g/mol. The van der Waals surface area contributed by atoms with Crippen LogP contribution in [0.15, 0.2) is 34.6 Å². The third kappa shape index (κ3) is 4.42. The highest BCUT2D eigenvalue weighted by Crippen LogP contribution is 2.39. The number of Topliss-reactive ketones (excluding diaryl/α,β-unsaturated/α-hetero) is 1. The molecule has 1 atom stereocenters. The van der Waals surface area contributed by atoms with Gasteiger partial charge in [-0.1, -0.05) is 31.7 Å². The second-order valence-electron chi connectivity index (χ2n) is 6.89. The Hall–Kier alpha value is -2.48. The van der Waals surface area contributed by atoms with Gasteiger partial charge in [-0.2, -0.15) is 4.98 Å². The van der Waals surface area contributed by atoms with Crippen LogP contribution in [0.3, 0.4) is 0 Å². The van der Waals surface area contributed by atoms with Crippen LogP contribution in [0, 0.1) is 0 Å². The van der Waals surface area contributed by atoms with Crippen molar-refractivity contribution in [3.8, 4) is 11.5 Å². The van der Waals surface area contributed by atoms with Gasteiger partial charge < -0.3 is 14.8 Å². The van der Waals surface area contributed by atoms with E-state index in [1.807, 2.05) is 25.1 Å². The number of ketones is 1. The number of fused-ring (bicyclic) bond motifs is 1. The van der Waals surface area contributed by atoms with Crippen LogP contribution in [-0.4, -0.2) is 40.0 Å².